The Morgan fingerprint density at radius 3 is 2.87 bits per heavy atom. The Morgan fingerprint density at radius 1 is 1.35 bits per heavy atom. The molecular formula is C17H19N3O3. The molecule has 1 saturated carbocycles. The highest BCUT2D eigenvalue weighted by Crippen LogP contribution is 2.26. The third-order valence-electron chi connectivity index (χ3n) is 4.50. The van der Waals surface area contributed by atoms with Gasteiger partial charge in [0.2, 0.25) is 11.8 Å². The number of nitrogens with zero attached hydrogens (tertiary/aromatic N) is 3. The highest BCUT2D eigenvalue weighted by molar-refractivity contribution is 5.84. The van der Waals surface area contributed by atoms with Crippen LogP contribution < -0.4 is 4.74 Å². The summed E-state index contributed by atoms with van der Waals surface area (Å²) in [6, 6.07) is 5.29. The van der Waals surface area contributed by atoms with Crippen LogP contribution in [-0.2, 0) is 9.59 Å². The van der Waals surface area contributed by atoms with Gasteiger partial charge in [-0.3, -0.25) is 9.59 Å². The molecule has 2 heterocycles. The Hall–Kier alpha value is -2.42. The lowest BCUT2D eigenvalue weighted by Crippen LogP contribution is -2.37. The highest BCUT2D eigenvalue weighted by atomic mass is 16.5. The maximum absolute atomic E-state index is 12.5. The summed E-state index contributed by atoms with van der Waals surface area (Å²) in [5.74, 6) is 0.806. The molecule has 2 aliphatic rings. The van der Waals surface area contributed by atoms with Crippen LogP contribution >= 0.6 is 0 Å². The second-order valence-electron chi connectivity index (χ2n) is 6.12. The van der Waals surface area contributed by atoms with Crippen molar-refractivity contribution >= 4 is 11.7 Å². The number of ketones is 1. The molecule has 1 saturated heterocycles. The first-order valence-corrected chi connectivity index (χ1v) is 7.99. The molecule has 0 spiro atoms. The van der Waals surface area contributed by atoms with E-state index in [1.165, 1.54) is 0 Å². The standard InChI is InChI=1S/C17H19N3O3/c18-10-12-5-7-19-16(9-12)23-15-6-8-20(11-15)17(22)13-1-3-14(21)4-2-13/h5,7,9,13,15H,1-4,6,8,11H2. The molecule has 1 atom stereocenters. The van der Waals surface area contributed by atoms with Crippen molar-refractivity contribution in [3.63, 3.8) is 0 Å². The van der Waals surface area contributed by atoms with Crippen LogP contribution in [0.3, 0.4) is 0 Å². The van der Waals surface area contributed by atoms with Gasteiger partial charge in [-0.25, -0.2) is 4.98 Å². The molecule has 6 nitrogen and oxygen atoms in total. The van der Waals surface area contributed by atoms with Crippen molar-refractivity contribution in [3.8, 4) is 11.9 Å². The first-order chi connectivity index (χ1) is 11.2. The van der Waals surface area contributed by atoms with E-state index in [0.29, 0.717) is 50.2 Å². The van der Waals surface area contributed by atoms with Gasteiger partial charge in [-0.1, -0.05) is 0 Å². The highest BCUT2D eigenvalue weighted by Gasteiger charge is 2.33. The summed E-state index contributed by atoms with van der Waals surface area (Å²) in [5.41, 5.74) is 0.507. The Labute approximate surface area is 135 Å². The average Bonchev–Trinajstić information content (AvgIpc) is 3.03. The second-order valence-corrected chi connectivity index (χ2v) is 6.12. The normalized spacial score (nSPS) is 22.0. The number of carbonyl (C=O) groups is 2. The van der Waals surface area contributed by atoms with Crippen molar-refractivity contribution < 1.29 is 14.3 Å². The van der Waals surface area contributed by atoms with Crippen molar-refractivity contribution in [1.82, 2.24) is 9.88 Å². The molecule has 0 aromatic carbocycles. The number of likely N-dealkylation sites (tertiary alicyclic amines) is 1. The molecule has 1 amide bonds. The summed E-state index contributed by atoms with van der Waals surface area (Å²) >= 11 is 0. The van der Waals surface area contributed by atoms with Crippen LogP contribution in [0.15, 0.2) is 18.3 Å². The lowest BCUT2D eigenvalue weighted by atomic mass is 9.87. The SMILES string of the molecule is N#Cc1ccnc(OC2CCN(C(=O)C3CCC(=O)CC3)C2)c1. The van der Waals surface area contributed by atoms with Crippen molar-refractivity contribution in [2.75, 3.05) is 13.1 Å². The smallest absolute Gasteiger partial charge is 0.225 e. The number of ether oxygens (including phenoxy) is 1. The molecule has 6 heteroatoms. The van der Waals surface area contributed by atoms with Gasteiger partial charge in [0, 0.05) is 44.0 Å². The van der Waals surface area contributed by atoms with Crippen LogP contribution in [0.5, 0.6) is 5.88 Å². The summed E-state index contributed by atoms with van der Waals surface area (Å²) in [4.78, 5) is 29.7. The second kappa shape index (κ2) is 6.78. The van der Waals surface area contributed by atoms with Gasteiger partial charge in [0.15, 0.2) is 0 Å². The molecule has 3 rings (SSSR count). The number of rotatable bonds is 3. The Kier molecular flexibility index (Phi) is 4.56. The van der Waals surface area contributed by atoms with E-state index in [9.17, 15) is 9.59 Å². The minimum absolute atomic E-state index is 0.0218. The van der Waals surface area contributed by atoms with Crippen molar-refractivity contribution in [2.24, 2.45) is 5.92 Å². The van der Waals surface area contributed by atoms with E-state index in [4.69, 9.17) is 10.00 Å². The summed E-state index contributed by atoms with van der Waals surface area (Å²) < 4.78 is 5.79. The number of hydrogen-bond acceptors (Lipinski definition) is 5. The maximum atomic E-state index is 12.5. The van der Waals surface area contributed by atoms with Crippen LogP contribution in [0.1, 0.15) is 37.7 Å². The van der Waals surface area contributed by atoms with Crippen LogP contribution in [0, 0.1) is 17.2 Å². The predicted molar refractivity (Wildman–Crippen MR) is 81.5 cm³/mol. The summed E-state index contributed by atoms with van der Waals surface area (Å²) in [6.07, 6.45) is 4.60. The van der Waals surface area contributed by atoms with Crippen molar-refractivity contribution in [2.45, 2.75) is 38.2 Å². The van der Waals surface area contributed by atoms with Crippen LogP contribution in [-0.4, -0.2) is 40.8 Å². The lowest BCUT2D eigenvalue weighted by molar-refractivity contribution is -0.136. The summed E-state index contributed by atoms with van der Waals surface area (Å²) in [5, 5.41) is 8.89. The van der Waals surface area contributed by atoms with E-state index in [1.807, 2.05) is 4.90 Å². The molecule has 1 aliphatic carbocycles. The largest absolute Gasteiger partial charge is 0.472 e. The van der Waals surface area contributed by atoms with Gasteiger partial charge in [-0.15, -0.1) is 0 Å². The Morgan fingerprint density at radius 2 is 2.13 bits per heavy atom. The monoisotopic (exact) mass is 313 g/mol. The molecule has 0 radical (unpaired) electrons. The molecule has 1 aromatic rings. The minimum Gasteiger partial charge on any atom is -0.472 e. The molecule has 0 N–H and O–H groups in total. The van der Waals surface area contributed by atoms with Crippen LogP contribution in [0.4, 0.5) is 0 Å². The van der Waals surface area contributed by atoms with E-state index in [0.717, 1.165) is 6.42 Å². The molecule has 1 aromatic heterocycles. The fourth-order valence-corrected chi connectivity index (χ4v) is 3.18. The molecule has 0 bridgehead atoms. The fraction of sp³-hybridized carbons (Fsp3) is 0.529. The Balaban J connectivity index is 1.54. The van der Waals surface area contributed by atoms with E-state index in [-0.39, 0.29) is 23.7 Å². The van der Waals surface area contributed by atoms with E-state index in [1.54, 1.807) is 18.3 Å². The number of carbonyl (C=O) groups excluding carboxylic acids is 2. The number of pyridine rings is 1. The van der Waals surface area contributed by atoms with Gasteiger partial charge in [0.25, 0.3) is 0 Å². The van der Waals surface area contributed by atoms with Gasteiger partial charge < -0.3 is 9.64 Å². The summed E-state index contributed by atoms with van der Waals surface area (Å²) in [7, 11) is 0. The van der Waals surface area contributed by atoms with Gasteiger partial charge in [0.05, 0.1) is 18.2 Å². The predicted octanol–water partition coefficient (Wildman–Crippen LogP) is 1.69. The topological polar surface area (TPSA) is 83.3 Å². The quantitative estimate of drug-likeness (QED) is 0.848. The van der Waals surface area contributed by atoms with E-state index >= 15 is 0 Å². The molecule has 120 valence electrons. The zero-order valence-electron chi connectivity index (χ0n) is 12.9. The van der Waals surface area contributed by atoms with Gasteiger partial charge in [-0.05, 0) is 18.9 Å². The zero-order chi connectivity index (χ0) is 16.2. The van der Waals surface area contributed by atoms with Crippen molar-refractivity contribution in [1.29, 1.82) is 5.26 Å². The third kappa shape index (κ3) is 3.67. The third-order valence-corrected chi connectivity index (χ3v) is 4.50. The molecule has 1 aliphatic heterocycles. The number of aromatic nitrogens is 1. The van der Waals surface area contributed by atoms with E-state index < -0.39 is 0 Å². The lowest BCUT2D eigenvalue weighted by Gasteiger charge is -2.25. The minimum atomic E-state index is -0.0920. The first kappa shape index (κ1) is 15.5. The van der Waals surface area contributed by atoms with E-state index in [2.05, 4.69) is 11.1 Å². The number of nitriles is 1. The van der Waals surface area contributed by atoms with Crippen LogP contribution in [0.2, 0.25) is 0 Å². The summed E-state index contributed by atoms with van der Waals surface area (Å²) in [6.45, 7) is 1.22. The number of Topliss-reactive ketones (excluding diaryl/α,β-unsaturated/α-hetero) is 1. The van der Waals surface area contributed by atoms with Crippen molar-refractivity contribution in [3.05, 3.63) is 23.9 Å². The Bertz CT molecular complexity index is 643. The van der Waals surface area contributed by atoms with Gasteiger partial charge >= 0.3 is 0 Å². The zero-order valence-corrected chi connectivity index (χ0v) is 12.9. The average molecular weight is 313 g/mol. The van der Waals surface area contributed by atoms with Crippen LogP contribution in [0.25, 0.3) is 0 Å². The number of amides is 1. The maximum Gasteiger partial charge on any atom is 0.225 e. The first-order valence-electron chi connectivity index (χ1n) is 7.99. The van der Waals surface area contributed by atoms with Gasteiger partial charge in [0.1, 0.15) is 11.9 Å². The molecule has 1 unspecified atom stereocenters. The molecule has 2 fully saturated rings. The fourth-order valence-electron chi connectivity index (χ4n) is 3.18. The molecule has 23 heavy (non-hydrogen) atoms. The number of hydrogen-bond donors (Lipinski definition) is 0. The van der Waals surface area contributed by atoms with Gasteiger partial charge in [-0.2, -0.15) is 5.26 Å². The molecular weight excluding hydrogens is 294 g/mol.